The first kappa shape index (κ1) is 15.9. The number of hydrogen-bond acceptors (Lipinski definition) is 5. The molecular weight excluding hydrogens is 354 g/mol. The highest BCUT2D eigenvalue weighted by molar-refractivity contribution is 7.88. The quantitative estimate of drug-likeness (QED) is 0.897. The summed E-state index contributed by atoms with van der Waals surface area (Å²) in [5.74, 6) is -0.451. The van der Waals surface area contributed by atoms with Crippen LogP contribution < -0.4 is 5.32 Å². The van der Waals surface area contributed by atoms with Crippen LogP contribution in [0, 0.1) is 0 Å². The van der Waals surface area contributed by atoms with Crippen molar-refractivity contribution < 1.29 is 13.2 Å². The molecule has 0 fully saturated rings. The first-order chi connectivity index (χ1) is 11.0. The molecule has 0 aromatic carbocycles. The zero-order valence-corrected chi connectivity index (χ0v) is 14.5. The molecule has 2 aromatic heterocycles. The second-order valence-electron chi connectivity index (χ2n) is 4.69. The largest absolute Gasteiger partial charge is 0.346 e. The lowest BCUT2D eigenvalue weighted by atomic mass is 10.2. The van der Waals surface area contributed by atoms with E-state index in [4.69, 9.17) is 0 Å². The molecule has 0 radical (unpaired) electrons. The van der Waals surface area contributed by atoms with Gasteiger partial charge in [0.05, 0.1) is 17.1 Å². The van der Waals surface area contributed by atoms with E-state index in [0.29, 0.717) is 11.4 Å². The molecule has 0 atom stereocenters. The molecule has 23 heavy (non-hydrogen) atoms. The number of amides is 1. The molecule has 1 amide bonds. The Bertz CT molecular complexity index is 866. The van der Waals surface area contributed by atoms with E-state index in [2.05, 4.69) is 9.71 Å². The van der Waals surface area contributed by atoms with Gasteiger partial charge in [-0.05, 0) is 29.0 Å². The Morgan fingerprint density at radius 1 is 1.26 bits per heavy atom. The van der Waals surface area contributed by atoms with E-state index in [1.165, 1.54) is 35.8 Å². The van der Waals surface area contributed by atoms with E-state index in [0.717, 1.165) is 9.18 Å². The molecule has 3 rings (SSSR count). The maximum absolute atomic E-state index is 12.4. The molecule has 0 saturated carbocycles. The second-order valence-corrected chi connectivity index (χ2v) is 8.30. The van der Waals surface area contributed by atoms with Crippen LogP contribution in [0.15, 0.2) is 51.2 Å². The van der Waals surface area contributed by atoms with Crippen molar-refractivity contribution in [1.29, 1.82) is 0 Å². The molecule has 6 nitrogen and oxygen atoms in total. The van der Waals surface area contributed by atoms with Crippen LogP contribution in [0.5, 0.6) is 0 Å². The average Bonchev–Trinajstić information content (AvgIpc) is 3.20. The number of hydrogen-bond donors (Lipinski definition) is 1. The molecule has 0 saturated heterocycles. The van der Waals surface area contributed by atoms with E-state index >= 15 is 0 Å². The number of rotatable bonds is 4. The molecule has 0 bridgehead atoms. The third kappa shape index (κ3) is 3.36. The molecule has 0 spiro atoms. The summed E-state index contributed by atoms with van der Waals surface area (Å²) in [6, 6.07) is 7.36. The van der Waals surface area contributed by atoms with Gasteiger partial charge in [0.25, 0.3) is 5.91 Å². The molecule has 0 aliphatic carbocycles. The Morgan fingerprint density at radius 2 is 2.00 bits per heavy atom. The van der Waals surface area contributed by atoms with Gasteiger partial charge in [-0.3, -0.25) is 4.79 Å². The van der Waals surface area contributed by atoms with E-state index in [1.807, 2.05) is 22.9 Å². The van der Waals surface area contributed by atoms with Crippen molar-refractivity contribution in [2.75, 3.05) is 7.05 Å². The highest BCUT2D eigenvalue weighted by atomic mass is 32.2. The maximum atomic E-state index is 12.4. The Morgan fingerprint density at radius 3 is 2.65 bits per heavy atom. The van der Waals surface area contributed by atoms with Gasteiger partial charge in [-0.1, -0.05) is 12.1 Å². The Hall–Kier alpha value is -1.97. The number of nitrogens with zero attached hydrogens (tertiary/aromatic N) is 2. The molecule has 2 aromatic rings. The van der Waals surface area contributed by atoms with Gasteiger partial charge in [0, 0.05) is 11.9 Å². The SMILES string of the molecule is CN1C(C(=O)NCc2cccs2)=CC(c2cccs2)=NS1(=O)=O. The first-order valence-corrected chi connectivity index (χ1v) is 9.78. The van der Waals surface area contributed by atoms with E-state index in [-0.39, 0.29) is 11.4 Å². The second kappa shape index (κ2) is 6.26. The Kier molecular flexibility index (Phi) is 4.33. The molecule has 120 valence electrons. The Balaban J connectivity index is 1.87. The maximum Gasteiger partial charge on any atom is 0.345 e. The zero-order chi connectivity index (χ0) is 16.4. The monoisotopic (exact) mass is 367 g/mol. The third-order valence-corrected chi connectivity index (χ3v) is 6.27. The number of nitrogens with one attached hydrogen (secondary N) is 1. The first-order valence-electron chi connectivity index (χ1n) is 6.62. The fraction of sp³-hybridized carbons (Fsp3) is 0.143. The normalized spacial score (nSPS) is 16.7. The van der Waals surface area contributed by atoms with Gasteiger partial charge in [0.15, 0.2) is 0 Å². The van der Waals surface area contributed by atoms with Crippen LogP contribution in [0.1, 0.15) is 9.75 Å². The van der Waals surface area contributed by atoms with Crippen molar-refractivity contribution in [3.63, 3.8) is 0 Å². The van der Waals surface area contributed by atoms with Crippen LogP contribution in [0.25, 0.3) is 0 Å². The number of likely N-dealkylation sites (N-methyl/N-ethyl adjacent to an activating group) is 1. The molecular formula is C14H13N3O3S3. The smallest absolute Gasteiger partial charge is 0.345 e. The Labute approximate surface area is 142 Å². The highest BCUT2D eigenvalue weighted by Gasteiger charge is 2.30. The summed E-state index contributed by atoms with van der Waals surface area (Å²) in [5, 5.41) is 6.48. The van der Waals surface area contributed by atoms with Crippen LogP contribution in [0.2, 0.25) is 0 Å². The number of thiophene rings is 2. The zero-order valence-electron chi connectivity index (χ0n) is 12.1. The van der Waals surface area contributed by atoms with Gasteiger partial charge in [-0.25, -0.2) is 4.31 Å². The molecule has 0 unspecified atom stereocenters. The topological polar surface area (TPSA) is 78.8 Å². The van der Waals surface area contributed by atoms with E-state index < -0.39 is 16.1 Å². The van der Waals surface area contributed by atoms with Crippen LogP contribution >= 0.6 is 22.7 Å². The fourth-order valence-electron chi connectivity index (χ4n) is 1.98. The highest BCUT2D eigenvalue weighted by Crippen LogP contribution is 2.22. The fourth-order valence-corrected chi connectivity index (χ4v) is 4.27. The summed E-state index contributed by atoms with van der Waals surface area (Å²) in [4.78, 5) is 14.1. The molecule has 1 aliphatic rings. The molecule has 9 heteroatoms. The third-order valence-electron chi connectivity index (χ3n) is 3.18. The number of allylic oxidation sites excluding steroid dienone is 1. The van der Waals surface area contributed by atoms with Crippen LogP contribution in [-0.4, -0.2) is 31.4 Å². The van der Waals surface area contributed by atoms with Crippen molar-refractivity contribution in [2.45, 2.75) is 6.54 Å². The summed E-state index contributed by atoms with van der Waals surface area (Å²) >= 11 is 2.89. The van der Waals surface area contributed by atoms with Crippen molar-refractivity contribution in [1.82, 2.24) is 9.62 Å². The van der Waals surface area contributed by atoms with Gasteiger partial charge < -0.3 is 5.32 Å². The summed E-state index contributed by atoms with van der Waals surface area (Å²) in [6.45, 7) is 0.354. The lowest BCUT2D eigenvalue weighted by Gasteiger charge is -2.23. The standard InChI is InChI=1S/C14H13N3O3S3/c1-17-12(14(18)15-9-10-4-2-6-21-10)8-11(16-23(17,19)20)13-5-3-7-22-13/h2-8H,9H2,1H3,(H,15,18). The average molecular weight is 367 g/mol. The number of carbonyl (C=O) groups excluding carboxylic acids is 1. The summed E-state index contributed by atoms with van der Waals surface area (Å²) in [5.41, 5.74) is 0.333. The van der Waals surface area contributed by atoms with Crippen LogP contribution in [-0.2, 0) is 21.5 Å². The molecule has 1 N–H and O–H groups in total. The van der Waals surface area contributed by atoms with E-state index in [9.17, 15) is 13.2 Å². The minimum absolute atomic E-state index is 0.0555. The van der Waals surface area contributed by atoms with E-state index in [1.54, 1.807) is 12.1 Å². The summed E-state index contributed by atoms with van der Waals surface area (Å²) < 4.78 is 29.0. The summed E-state index contributed by atoms with van der Waals surface area (Å²) in [7, 11) is -2.58. The van der Waals surface area contributed by atoms with Crippen molar-refractivity contribution in [3.05, 3.63) is 56.6 Å². The van der Waals surface area contributed by atoms with Gasteiger partial charge in [0.2, 0.25) is 0 Å². The minimum Gasteiger partial charge on any atom is -0.346 e. The predicted octanol–water partition coefficient (Wildman–Crippen LogP) is 1.99. The number of carbonyl (C=O) groups is 1. The van der Waals surface area contributed by atoms with Crippen LogP contribution in [0.3, 0.4) is 0 Å². The van der Waals surface area contributed by atoms with Gasteiger partial charge in [-0.2, -0.15) is 8.42 Å². The molecule has 3 heterocycles. The predicted molar refractivity (Wildman–Crippen MR) is 91.8 cm³/mol. The van der Waals surface area contributed by atoms with Crippen molar-refractivity contribution in [3.8, 4) is 0 Å². The van der Waals surface area contributed by atoms with Gasteiger partial charge in [0.1, 0.15) is 5.70 Å². The lowest BCUT2D eigenvalue weighted by Crippen LogP contribution is -2.38. The minimum atomic E-state index is -3.90. The summed E-state index contributed by atoms with van der Waals surface area (Å²) in [6.07, 6.45) is 1.50. The van der Waals surface area contributed by atoms with Crippen molar-refractivity contribution in [2.24, 2.45) is 4.40 Å². The molecule has 1 aliphatic heterocycles. The lowest BCUT2D eigenvalue weighted by molar-refractivity contribution is -0.118. The van der Waals surface area contributed by atoms with Gasteiger partial charge in [-0.15, -0.1) is 27.1 Å². The van der Waals surface area contributed by atoms with Crippen molar-refractivity contribution >= 4 is 44.5 Å². The van der Waals surface area contributed by atoms with Crippen LogP contribution in [0.4, 0.5) is 0 Å². The van der Waals surface area contributed by atoms with Gasteiger partial charge >= 0.3 is 10.2 Å².